The predicted molar refractivity (Wildman–Crippen MR) is 67.0 cm³/mol. The summed E-state index contributed by atoms with van der Waals surface area (Å²) in [7, 11) is 1.79. The van der Waals surface area contributed by atoms with Crippen molar-refractivity contribution in [2.24, 2.45) is 0 Å². The van der Waals surface area contributed by atoms with Crippen molar-refractivity contribution >= 4 is 32.4 Å². The van der Waals surface area contributed by atoms with Gasteiger partial charge in [0.15, 0.2) is 0 Å². The molecule has 2 heterocycles. The Hall–Kier alpha value is -1.21. The Morgan fingerprint density at radius 1 is 1.56 bits per heavy atom. The molecule has 0 radical (unpaired) electrons. The fraction of sp³-hybridized carbons (Fsp3) is 0.222. The lowest BCUT2D eigenvalue weighted by Crippen LogP contribution is -2.20. The first-order valence-corrected chi connectivity index (χ1v) is 6.16. The maximum Gasteiger partial charge on any atom is 0.265 e. The molecule has 0 unspecified atom stereocenters. The number of hydrogen-bond donors (Lipinski definition) is 1. The SMILES string of the molecule is CNc1nnc(Cn2cccc(Br)c2=O)s1. The van der Waals surface area contributed by atoms with Crippen molar-refractivity contribution in [3.8, 4) is 0 Å². The minimum absolute atomic E-state index is 0.0660. The molecule has 0 aliphatic rings. The smallest absolute Gasteiger partial charge is 0.265 e. The lowest BCUT2D eigenvalue weighted by molar-refractivity contribution is 0.740. The molecule has 0 aliphatic heterocycles. The summed E-state index contributed by atoms with van der Waals surface area (Å²) in [6, 6.07) is 3.53. The molecular formula is C9H9BrN4OS. The van der Waals surface area contributed by atoms with Crippen LogP contribution in [0.1, 0.15) is 5.01 Å². The van der Waals surface area contributed by atoms with E-state index in [9.17, 15) is 4.79 Å². The molecule has 0 fully saturated rings. The minimum Gasteiger partial charge on any atom is -0.363 e. The average Bonchev–Trinajstić information content (AvgIpc) is 2.73. The highest BCUT2D eigenvalue weighted by atomic mass is 79.9. The fourth-order valence-electron chi connectivity index (χ4n) is 1.20. The Morgan fingerprint density at radius 2 is 2.38 bits per heavy atom. The number of rotatable bonds is 3. The number of nitrogens with zero attached hydrogens (tertiary/aromatic N) is 3. The van der Waals surface area contributed by atoms with Gasteiger partial charge in [-0.25, -0.2) is 0 Å². The molecule has 2 aromatic heterocycles. The summed E-state index contributed by atoms with van der Waals surface area (Å²) >= 11 is 4.63. The highest BCUT2D eigenvalue weighted by Gasteiger charge is 2.05. The van der Waals surface area contributed by atoms with Gasteiger partial charge in [0, 0.05) is 13.2 Å². The van der Waals surface area contributed by atoms with Gasteiger partial charge in [0.25, 0.3) is 5.56 Å². The van der Waals surface area contributed by atoms with Gasteiger partial charge in [0.2, 0.25) is 5.13 Å². The zero-order valence-electron chi connectivity index (χ0n) is 8.48. The van der Waals surface area contributed by atoms with Gasteiger partial charge < -0.3 is 9.88 Å². The molecule has 84 valence electrons. The summed E-state index contributed by atoms with van der Waals surface area (Å²) < 4.78 is 2.14. The van der Waals surface area contributed by atoms with Crippen molar-refractivity contribution in [1.82, 2.24) is 14.8 Å². The van der Waals surface area contributed by atoms with Crippen LogP contribution in [-0.2, 0) is 6.54 Å². The summed E-state index contributed by atoms with van der Waals surface area (Å²) in [4.78, 5) is 11.7. The van der Waals surface area contributed by atoms with Crippen LogP contribution in [0.4, 0.5) is 5.13 Å². The van der Waals surface area contributed by atoms with Crippen LogP contribution in [0.25, 0.3) is 0 Å². The Morgan fingerprint density at radius 3 is 3.06 bits per heavy atom. The molecule has 2 aromatic rings. The molecule has 5 nitrogen and oxygen atoms in total. The first-order chi connectivity index (χ1) is 7.70. The maximum atomic E-state index is 11.7. The highest BCUT2D eigenvalue weighted by molar-refractivity contribution is 9.10. The Bertz CT molecular complexity index is 550. The van der Waals surface area contributed by atoms with Gasteiger partial charge in [0.05, 0.1) is 11.0 Å². The first-order valence-electron chi connectivity index (χ1n) is 4.56. The molecule has 0 aromatic carbocycles. The first kappa shape index (κ1) is 11.3. The van der Waals surface area contributed by atoms with E-state index in [0.29, 0.717) is 11.0 Å². The largest absolute Gasteiger partial charge is 0.363 e. The second kappa shape index (κ2) is 4.75. The predicted octanol–water partition coefficient (Wildman–Crippen LogP) is 1.55. The summed E-state index contributed by atoms with van der Waals surface area (Å²) in [5.74, 6) is 0. The lowest BCUT2D eigenvalue weighted by Gasteiger charge is -2.01. The highest BCUT2D eigenvalue weighted by Crippen LogP contribution is 2.14. The molecule has 0 atom stereocenters. The molecule has 0 saturated carbocycles. The topological polar surface area (TPSA) is 59.8 Å². The number of anilines is 1. The summed E-state index contributed by atoms with van der Waals surface area (Å²) in [5.41, 5.74) is -0.0660. The van der Waals surface area contributed by atoms with Crippen LogP contribution in [0, 0.1) is 0 Å². The molecule has 7 heteroatoms. The molecule has 0 saturated heterocycles. The van der Waals surface area contributed by atoms with E-state index in [0.717, 1.165) is 10.1 Å². The van der Waals surface area contributed by atoms with E-state index in [-0.39, 0.29) is 5.56 Å². The molecule has 2 rings (SSSR count). The van der Waals surface area contributed by atoms with Crippen molar-refractivity contribution in [2.45, 2.75) is 6.54 Å². The number of nitrogens with one attached hydrogen (secondary N) is 1. The van der Waals surface area contributed by atoms with E-state index < -0.39 is 0 Å². The van der Waals surface area contributed by atoms with Gasteiger partial charge in [-0.1, -0.05) is 11.3 Å². The lowest BCUT2D eigenvalue weighted by atomic mass is 10.4. The standard InChI is InChI=1S/C9H9BrN4OS/c1-11-9-13-12-7(16-9)5-14-4-2-3-6(10)8(14)15/h2-4H,5H2,1H3,(H,11,13). The van der Waals surface area contributed by atoms with Crippen molar-refractivity contribution in [3.05, 3.63) is 38.2 Å². The zero-order valence-corrected chi connectivity index (χ0v) is 10.9. The Labute approximate surface area is 104 Å². The van der Waals surface area contributed by atoms with Crippen molar-refractivity contribution < 1.29 is 0 Å². The van der Waals surface area contributed by atoms with Crippen LogP contribution in [-0.4, -0.2) is 21.8 Å². The van der Waals surface area contributed by atoms with Crippen LogP contribution in [0.3, 0.4) is 0 Å². The van der Waals surface area contributed by atoms with Gasteiger partial charge in [-0.3, -0.25) is 4.79 Å². The second-order valence-corrected chi connectivity index (χ2v) is 4.96. The van der Waals surface area contributed by atoms with E-state index in [1.54, 1.807) is 23.9 Å². The van der Waals surface area contributed by atoms with Gasteiger partial charge in [0.1, 0.15) is 5.01 Å². The van der Waals surface area contributed by atoms with Crippen LogP contribution in [0.5, 0.6) is 0 Å². The average molecular weight is 301 g/mol. The van der Waals surface area contributed by atoms with Gasteiger partial charge in [-0.2, -0.15) is 0 Å². The molecule has 0 aliphatic carbocycles. The van der Waals surface area contributed by atoms with Crippen molar-refractivity contribution in [1.29, 1.82) is 0 Å². The maximum absolute atomic E-state index is 11.7. The molecule has 1 N–H and O–H groups in total. The Kier molecular flexibility index (Phi) is 3.35. The monoisotopic (exact) mass is 300 g/mol. The van der Waals surface area contributed by atoms with Crippen LogP contribution < -0.4 is 10.9 Å². The van der Waals surface area contributed by atoms with E-state index in [2.05, 4.69) is 31.4 Å². The van der Waals surface area contributed by atoms with E-state index >= 15 is 0 Å². The molecule has 0 spiro atoms. The van der Waals surface area contributed by atoms with Crippen LogP contribution >= 0.6 is 27.3 Å². The molecule has 16 heavy (non-hydrogen) atoms. The van der Waals surface area contributed by atoms with Crippen LogP contribution in [0.2, 0.25) is 0 Å². The number of hydrogen-bond acceptors (Lipinski definition) is 5. The third-order valence-electron chi connectivity index (χ3n) is 1.96. The quantitative estimate of drug-likeness (QED) is 0.934. The van der Waals surface area contributed by atoms with E-state index in [1.165, 1.54) is 11.3 Å². The van der Waals surface area contributed by atoms with Gasteiger partial charge in [-0.15, -0.1) is 10.2 Å². The van der Waals surface area contributed by atoms with Crippen molar-refractivity contribution in [2.75, 3.05) is 12.4 Å². The molecule has 0 amide bonds. The summed E-state index contributed by atoms with van der Waals surface area (Å²) in [6.45, 7) is 0.442. The number of aromatic nitrogens is 3. The van der Waals surface area contributed by atoms with E-state index in [4.69, 9.17) is 0 Å². The van der Waals surface area contributed by atoms with E-state index in [1.807, 2.05) is 6.07 Å². The summed E-state index contributed by atoms with van der Waals surface area (Å²) in [5, 5.41) is 12.3. The normalized spacial score (nSPS) is 10.4. The fourth-order valence-corrected chi connectivity index (χ4v) is 2.27. The summed E-state index contributed by atoms with van der Waals surface area (Å²) in [6.07, 6.45) is 1.73. The van der Waals surface area contributed by atoms with Gasteiger partial charge >= 0.3 is 0 Å². The third-order valence-corrected chi connectivity index (χ3v) is 3.49. The van der Waals surface area contributed by atoms with Crippen molar-refractivity contribution in [3.63, 3.8) is 0 Å². The zero-order chi connectivity index (χ0) is 11.5. The molecular weight excluding hydrogens is 292 g/mol. The van der Waals surface area contributed by atoms with Crippen LogP contribution in [0.15, 0.2) is 27.6 Å². The number of halogens is 1. The minimum atomic E-state index is -0.0660. The Balaban J connectivity index is 2.27. The molecule has 0 bridgehead atoms. The number of pyridine rings is 1. The second-order valence-electron chi connectivity index (χ2n) is 3.04. The van der Waals surface area contributed by atoms with Gasteiger partial charge in [-0.05, 0) is 28.1 Å². The third kappa shape index (κ3) is 2.30.